The molecule has 0 N–H and O–H groups in total. The Kier molecular flexibility index (Phi) is 14.2. The maximum Gasteiger partial charge on any atom is 0.306 e. The van der Waals surface area contributed by atoms with E-state index in [4.69, 9.17) is 9.16 Å². The fraction of sp³-hybridized carbons (Fsp3) is 0.895. The van der Waals surface area contributed by atoms with Crippen molar-refractivity contribution in [3.05, 3.63) is 0 Å². The van der Waals surface area contributed by atoms with Crippen molar-refractivity contribution in [3.63, 3.8) is 0 Å². The maximum absolute atomic E-state index is 11.6. The van der Waals surface area contributed by atoms with Crippen LogP contribution in [0.3, 0.4) is 0 Å². The lowest BCUT2D eigenvalue weighted by Crippen LogP contribution is -2.27. The van der Waals surface area contributed by atoms with E-state index in [0.717, 1.165) is 12.8 Å². The van der Waals surface area contributed by atoms with Gasteiger partial charge < -0.3 is 9.16 Å². The third-order valence-electron chi connectivity index (χ3n) is 4.45. The second-order valence-corrected chi connectivity index (χ2v) is 11.6. The van der Waals surface area contributed by atoms with Gasteiger partial charge in [-0.2, -0.15) is 0 Å². The van der Waals surface area contributed by atoms with Gasteiger partial charge in [-0.3, -0.25) is 9.59 Å². The number of rotatable bonds is 16. The largest absolute Gasteiger partial charge is 0.466 e. The van der Waals surface area contributed by atoms with Crippen molar-refractivity contribution in [2.24, 2.45) is 0 Å². The van der Waals surface area contributed by atoms with Crippen LogP contribution in [0, 0.1) is 0 Å². The summed E-state index contributed by atoms with van der Waals surface area (Å²) in [6.45, 7) is 6.73. The smallest absolute Gasteiger partial charge is 0.306 e. The molecule has 0 aliphatic heterocycles. The Bertz CT molecular complexity index is 342. The quantitative estimate of drug-likeness (QED) is 0.214. The predicted octanol–water partition coefficient (Wildman–Crippen LogP) is 5.26. The molecule has 0 bridgehead atoms. The molecule has 4 nitrogen and oxygen atoms in total. The zero-order valence-electron chi connectivity index (χ0n) is 16.3. The minimum Gasteiger partial charge on any atom is -0.466 e. The number of carbonyl (C=O) groups excluding carboxylic acids is 2. The van der Waals surface area contributed by atoms with E-state index in [2.05, 4.69) is 13.1 Å². The van der Waals surface area contributed by atoms with E-state index in [1.54, 1.807) is 6.92 Å². The molecule has 0 fully saturated rings. The highest BCUT2D eigenvalue weighted by Crippen LogP contribution is 2.17. The monoisotopic (exact) mass is 358 g/mol. The van der Waals surface area contributed by atoms with E-state index in [9.17, 15) is 9.59 Å². The molecule has 0 saturated heterocycles. The molecule has 0 aromatic rings. The molecule has 0 saturated carbocycles. The topological polar surface area (TPSA) is 52.6 Å². The van der Waals surface area contributed by atoms with E-state index >= 15 is 0 Å². The van der Waals surface area contributed by atoms with Gasteiger partial charge in [0.15, 0.2) is 8.32 Å². The highest BCUT2D eigenvalue weighted by atomic mass is 28.4. The Morgan fingerprint density at radius 1 is 0.792 bits per heavy atom. The van der Waals surface area contributed by atoms with Gasteiger partial charge in [0.2, 0.25) is 0 Å². The summed E-state index contributed by atoms with van der Waals surface area (Å²) < 4.78 is 10.4. The van der Waals surface area contributed by atoms with Gasteiger partial charge in [-0.15, -0.1) is 0 Å². The van der Waals surface area contributed by atoms with E-state index < -0.39 is 8.32 Å². The molecule has 5 heteroatoms. The zero-order chi connectivity index (χ0) is 18.3. The standard InChI is InChI=1S/C19H38O4Si/c1-5-23-19(21)16-15-18(20)14-12-10-8-6-7-9-11-13-17-24(3,4)22-2/h5-17H2,1-4H3. The minimum absolute atomic E-state index is 0.188. The molecule has 0 aliphatic rings. The van der Waals surface area contributed by atoms with Gasteiger partial charge in [0.25, 0.3) is 0 Å². The lowest BCUT2D eigenvalue weighted by molar-refractivity contribution is -0.144. The van der Waals surface area contributed by atoms with Gasteiger partial charge >= 0.3 is 5.97 Å². The second kappa shape index (κ2) is 14.6. The summed E-state index contributed by atoms with van der Waals surface area (Å²) in [4.78, 5) is 22.8. The van der Waals surface area contributed by atoms with Crippen molar-refractivity contribution >= 4 is 20.1 Å². The van der Waals surface area contributed by atoms with Crippen LogP contribution in [0.1, 0.15) is 77.6 Å². The Morgan fingerprint density at radius 2 is 1.33 bits per heavy atom. The van der Waals surface area contributed by atoms with Gasteiger partial charge in [0, 0.05) is 20.0 Å². The van der Waals surface area contributed by atoms with Crippen molar-refractivity contribution in [1.82, 2.24) is 0 Å². The average Bonchev–Trinajstić information content (AvgIpc) is 2.55. The SMILES string of the molecule is CCOC(=O)CCC(=O)CCCCCCCCCC[Si](C)(C)OC. The summed E-state index contributed by atoms with van der Waals surface area (Å²) in [6.07, 6.45) is 10.9. The molecule has 0 aromatic heterocycles. The van der Waals surface area contributed by atoms with Gasteiger partial charge in [0.1, 0.15) is 5.78 Å². The molecule has 0 radical (unpaired) electrons. The normalized spacial score (nSPS) is 11.5. The predicted molar refractivity (Wildman–Crippen MR) is 102 cm³/mol. The Labute approximate surface area is 149 Å². The average molecular weight is 359 g/mol. The lowest BCUT2D eigenvalue weighted by atomic mass is 10.0. The maximum atomic E-state index is 11.6. The van der Waals surface area contributed by atoms with Crippen LogP contribution in [0.15, 0.2) is 0 Å². The minimum atomic E-state index is -1.35. The first kappa shape index (κ1) is 23.3. The Morgan fingerprint density at radius 3 is 1.88 bits per heavy atom. The molecule has 0 atom stereocenters. The van der Waals surface area contributed by atoms with Crippen molar-refractivity contribution in [1.29, 1.82) is 0 Å². The third kappa shape index (κ3) is 14.9. The van der Waals surface area contributed by atoms with Crippen LogP contribution in [-0.4, -0.2) is 33.8 Å². The van der Waals surface area contributed by atoms with Crippen molar-refractivity contribution in [2.45, 2.75) is 96.7 Å². The molecule has 24 heavy (non-hydrogen) atoms. The molecule has 0 spiro atoms. The highest BCUT2D eigenvalue weighted by molar-refractivity contribution is 6.71. The number of ketones is 1. The zero-order valence-corrected chi connectivity index (χ0v) is 17.3. The number of unbranched alkanes of at least 4 members (excludes halogenated alkanes) is 7. The molecule has 0 amide bonds. The van der Waals surface area contributed by atoms with Crippen molar-refractivity contribution in [3.8, 4) is 0 Å². The van der Waals surface area contributed by atoms with Crippen LogP contribution >= 0.6 is 0 Å². The van der Waals surface area contributed by atoms with Gasteiger partial charge in [-0.25, -0.2) is 0 Å². The summed E-state index contributed by atoms with van der Waals surface area (Å²) in [5.41, 5.74) is 0. The summed E-state index contributed by atoms with van der Waals surface area (Å²) in [7, 11) is 0.487. The molecule has 142 valence electrons. The molecule has 0 heterocycles. The number of Topliss-reactive ketones (excluding diaryl/α,β-unsaturated/α-hetero) is 1. The van der Waals surface area contributed by atoms with Crippen molar-refractivity contribution in [2.75, 3.05) is 13.7 Å². The van der Waals surface area contributed by atoms with Crippen molar-refractivity contribution < 1.29 is 18.8 Å². The van der Waals surface area contributed by atoms with Crippen LogP contribution in [0.5, 0.6) is 0 Å². The summed E-state index contributed by atoms with van der Waals surface area (Å²) in [5.74, 6) is -0.0737. The molecular weight excluding hydrogens is 320 g/mol. The molecule has 0 rings (SSSR count). The second-order valence-electron chi connectivity index (χ2n) is 7.14. The lowest BCUT2D eigenvalue weighted by Gasteiger charge is -2.19. The number of hydrogen-bond donors (Lipinski definition) is 0. The van der Waals surface area contributed by atoms with Gasteiger partial charge in [-0.1, -0.05) is 44.9 Å². The van der Waals surface area contributed by atoms with Crippen LogP contribution < -0.4 is 0 Å². The molecular formula is C19H38O4Si. The van der Waals surface area contributed by atoms with Gasteiger partial charge in [-0.05, 0) is 32.5 Å². The van der Waals surface area contributed by atoms with E-state index in [-0.39, 0.29) is 18.2 Å². The fourth-order valence-corrected chi connectivity index (χ4v) is 3.94. The summed E-state index contributed by atoms with van der Waals surface area (Å²) >= 11 is 0. The Hall–Kier alpha value is -0.683. The number of ether oxygens (including phenoxy) is 1. The molecule has 0 aliphatic carbocycles. The van der Waals surface area contributed by atoms with Crippen LogP contribution in [-0.2, 0) is 18.8 Å². The Balaban J connectivity index is 3.33. The fourth-order valence-electron chi connectivity index (χ4n) is 2.64. The number of hydrogen-bond acceptors (Lipinski definition) is 4. The summed E-state index contributed by atoms with van der Waals surface area (Å²) in [5, 5.41) is 0. The van der Waals surface area contributed by atoms with E-state index in [1.165, 1.54) is 44.6 Å². The van der Waals surface area contributed by atoms with Gasteiger partial charge in [0.05, 0.1) is 13.0 Å². The summed E-state index contributed by atoms with van der Waals surface area (Å²) in [6, 6.07) is 1.26. The highest BCUT2D eigenvalue weighted by Gasteiger charge is 2.19. The first-order valence-corrected chi connectivity index (χ1v) is 12.8. The molecule has 0 unspecified atom stereocenters. The van der Waals surface area contributed by atoms with E-state index in [1.807, 2.05) is 7.11 Å². The first-order chi connectivity index (χ1) is 11.4. The number of carbonyl (C=O) groups is 2. The van der Waals surface area contributed by atoms with Crippen LogP contribution in [0.4, 0.5) is 0 Å². The number of esters is 1. The van der Waals surface area contributed by atoms with Crippen LogP contribution in [0.2, 0.25) is 19.1 Å². The third-order valence-corrected chi connectivity index (χ3v) is 7.11. The molecule has 0 aromatic carbocycles. The van der Waals surface area contributed by atoms with E-state index in [0.29, 0.717) is 19.4 Å². The first-order valence-electron chi connectivity index (χ1n) is 9.63. The van der Waals surface area contributed by atoms with Crippen LogP contribution in [0.25, 0.3) is 0 Å².